The molecule has 0 aliphatic carbocycles. The molecule has 24 heavy (non-hydrogen) atoms. The molecule has 5 nitrogen and oxygen atoms in total. The molecule has 1 aliphatic rings. The molecule has 1 amide bonds. The predicted molar refractivity (Wildman–Crippen MR) is 94.8 cm³/mol. The molecule has 1 aliphatic heterocycles. The number of amides is 1. The zero-order chi connectivity index (χ0) is 17.7. The molecule has 0 radical (unpaired) electrons. The second-order valence-electron chi connectivity index (χ2n) is 7.56. The van der Waals surface area contributed by atoms with Gasteiger partial charge < -0.3 is 20.1 Å². The molecule has 1 aromatic carbocycles. The number of ether oxygens (including phenoxy) is 1. The van der Waals surface area contributed by atoms with Crippen molar-refractivity contribution in [2.75, 3.05) is 19.7 Å². The summed E-state index contributed by atoms with van der Waals surface area (Å²) in [6.07, 6.45) is 0.493. The van der Waals surface area contributed by atoms with Crippen LogP contribution < -0.4 is 5.32 Å². The summed E-state index contributed by atoms with van der Waals surface area (Å²) in [4.78, 5) is 14.1. The first-order valence-corrected chi connectivity index (χ1v) is 8.70. The van der Waals surface area contributed by atoms with Gasteiger partial charge in [-0.15, -0.1) is 0 Å². The predicted octanol–water partition coefficient (Wildman–Crippen LogP) is 2.96. The summed E-state index contributed by atoms with van der Waals surface area (Å²) in [6, 6.07) is 10.4. The fraction of sp³-hybridized carbons (Fsp3) is 0.632. The second-order valence-corrected chi connectivity index (χ2v) is 7.56. The van der Waals surface area contributed by atoms with Crippen molar-refractivity contribution in [3.05, 3.63) is 35.9 Å². The number of nitrogens with zero attached hydrogens (tertiary/aromatic N) is 1. The van der Waals surface area contributed by atoms with E-state index in [0.29, 0.717) is 13.1 Å². The molecule has 2 N–H and O–H groups in total. The third-order valence-corrected chi connectivity index (χ3v) is 4.41. The van der Waals surface area contributed by atoms with Crippen molar-refractivity contribution < 1.29 is 14.6 Å². The van der Waals surface area contributed by atoms with Crippen LogP contribution in [0.4, 0.5) is 4.79 Å². The van der Waals surface area contributed by atoms with E-state index >= 15 is 0 Å². The topological polar surface area (TPSA) is 61.8 Å². The van der Waals surface area contributed by atoms with Crippen LogP contribution in [0.2, 0.25) is 0 Å². The Labute approximate surface area is 145 Å². The van der Waals surface area contributed by atoms with Crippen molar-refractivity contribution >= 4 is 6.09 Å². The van der Waals surface area contributed by atoms with Crippen LogP contribution in [0.5, 0.6) is 0 Å². The van der Waals surface area contributed by atoms with Crippen molar-refractivity contribution in [1.29, 1.82) is 0 Å². The number of hydrogen-bond acceptors (Lipinski definition) is 4. The first kappa shape index (κ1) is 18.7. The summed E-state index contributed by atoms with van der Waals surface area (Å²) in [7, 11) is 0. The molecule has 0 aromatic heterocycles. The molecular formula is C19H30N2O3. The Balaban J connectivity index is 2.01. The number of benzene rings is 1. The van der Waals surface area contributed by atoms with Gasteiger partial charge >= 0.3 is 6.09 Å². The normalized spacial score (nSPS) is 23.0. The summed E-state index contributed by atoms with van der Waals surface area (Å²) < 4.78 is 5.48. The smallest absolute Gasteiger partial charge is 0.410 e. The summed E-state index contributed by atoms with van der Waals surface area (Å²) in [5.41, 5.74) is 0.703. The second kappa shape index (κ2) is 7.99. The lowest BCUT2D eigenvalue weighted by molar-refractivity contribution is 0.00917. The number of piperidine rings is 1. The Morgan fingerprint density at radius 3 is 2.62 bits per heavy atom. The number of carbonyl (C=O) groups excluding carboxylic acids is 1. The van der Waals surface area contributed by atoms with E-state index in [1.165, 1.54) is 5.56 Å². The van der Waals surface area contributed by atoms with E-state index in [9.17, 15) is 9.90 Å². The Hall–Kier alpha value is -1.59. The molecule has 0 spiro atoms. The van der Waals surface area contributed by atoms with E-state index in [2.05, 4.69) is 24.4 Å². The molecule has 3 atom stereocenters. The maximum atomic E-state index is 12.3. The minimum absolute atomic E-state index is 0.0477. The van der Waals surface area contributed by atoms with Crippen molar-refractivity contribution in [2.24, 2.45) is 5.92 Å². The van der Waals surface area contributed by atoms with Crippen LogP contribution in [0.15, 0.2) is 30.3 Å². The SMILES string of the molecule is C[C@H](N[C@@H]1CN(C(=O)OC(C)(C)C)CC[C@@H]1CO)c1ccccc1. The third-order valence-electron chi connectivity index (χ3n) is 4.41. The Morgan fingerprint density at radius 1 is 1.38 bits per heavy atom. The van der Waals surface area contributed by atoms with Gasteiger partial charge in [0.15, 0.2) is 0 Å². The minimum Gasteiger partial charge on any atom is -0.444 e. The van der Waals surface area contributed by atoms with Crippen LogP contribution in [-0.4, -0.2) is 47.4 Å². The molecule has 1 aromatic rings. The number of aliphatic hydroxyl groups excluding tert-OH is 1. The molecule has 0 unspecified atom stereocenters. The number of rotatable bonds is 4. The lowest BCUT2D eigenvalue weighted by Crippen LogP contribution is -2.54. The van der Waals surface area contributed by atoms with Crippen LogP contribution in [0.3, 0.4) is 0 Å². The quantitative estimate of drug-likeness (QED) is 0.889. The summed E-state index contributed by atoms with van der Waals surface area (Å²) in [5.74, 6) is 0.148. The fourth-order valence-corrected chi connectivity index (χ4v) is 3.06. The summed E-state index contributed by atoms with van der Waals surface area (Å²) >= 11 is 0. The van der Waals surface area contributed by atoms with E-state index in [-0.39, 0.29) is 30.7 Å². The van der Waals surface area contributed by atoms with Gasteiger partial charge in [0, 0.05) is 37.7 Å². The lowest BCUT2D eigenvalue weighted by Gasteiger charge is -2.40. The van der Waals surface area contributed by atoms with E-state index in [0.717, 1.165) is 6.42 Å². The van der Waals surface area contributed by atoms with Gasteiger partial charge in [0.05, 0.1) is 0 Å². The average Bonchev–Trinajstić information content (AvgIpc) is 2.54. The monoisotopic (exact) mass is 334 g/mol. The van der Waals surface area contributed by atoms with Crippen LogP contribution in [-0.2, 0) is 4.74 Å². The van der Waals surface area contributed by atoms with Gasteiger partial charge in [-0.2, -0.15) is 0 Å². The standard InChI is InChI=1S/C19H30N2O3/c1-14(15-8-6-5-7-9-15)20-17-12-21(11-10-16(17)13-22)18(23)24-19(2,3)4/h5-9,14,16-17,20,22H,10-13H2,1-4H3/t14-,16+,17+/m0/s1. The minimum atomic E-state index is -0.495. The van der Waals surface area contributed by atoms with Crippen molar-refractivity contribution in [1.82, 2.24) is 10.2 Å². The van der Waals surface area contributed by atoms with Gasteiger partial charge in [0.1, 0.15) is 5.60 Å². The zero-order valence-electron chi connectivity index (χ0n) is 15.2. The van der Waals surface area contributed by atoms with Gasteiger partial charge in [0.25, 0.3) is 0 Å². The van der Waals surface area contributed by atoms with Gasteiger partial charge in [-0.05, 0) is 39.7 Å². The molecule has 2 rings (SSSR count). The zero-order valence-corrected chi connectivity index (χ0v) is 15.2. The van der Waals surface area contributed by atoms with Crippen molar-refractivity contribution in [3.63, 3.8) is 0 Å². The maximum absolute atomic E-state index is 12.3. The van der Waals surface area contributed by atoms with E-state index in [1.807, 2.05) is 39.0 Å². The van der Waals surface area contributed by atoms with Crippen molar-refractivity contribution in [3.8, 4) is 0 Å². The highest BCUT2D eigenvalue weighted by molar-refractivity contribution is 5.68. The van der Waals surface area contributed by atoms with Gasteiger partial charge in [-0.25, -0.2) is 4.79 Å². The molecular weight excluding hydrogens is 304 g/mol. The Bertz CT molecular complexity index is 527. The number of carbonyl (C=O) groups is 1. The first-order chi connectivity index (χ1) is 11.3. The Kier molecular flexibility index (Phi) is 6.24. The molecule has 0 saturated carbocycles. The third kappa shape index (κ3) is 5.21. The molecule has 134 valence electrons. The highest BCUT2D eigenvalue weighted by Gasteiger charge is 2.33. The van der Waals surface area contributed by atoms with Gasteiger partial charge in [-0.3, -0.25) is 0 Å². The lowest BCUT2D eigenvalue weighted by atomic mass is 9.91. The number of likely N-dealkylation sites (tertiary alicyclic amines) is 1. The van der Waals surface area contributed by atoms with Crippen molar-refractivity contribution in [2.45, 2.75) is 51.8 Å². The molecule has 1 saturated heterocycles. The molecule has 0 bridgehead atoms. The molecule has 1 heterocycles. The van der Waals surface area contributed by atoms with Gasteiger partial charge in [-0.1, -0.05) is 30.3 Å². The fourth-order valence-electron chi connectivity index (χ4n) is 3.06. The van der Waals surface area contributed by atoms with E-state index < -0.39 is 5.60 Å². The number of nitrogens with one attached hydrogen (secondary N) is 1. The highest BCUT2D eigenvalue weighted by Crippen LogP contribution is 2.23. The van der Waals surface area contributed by atoms with Crippen LogP contribution >= 0.6 is 0 Å². The summed E-state index contributed by atoms with van der Waals surface area (Å²) in [6.45, 7) is 9.03. The van der Waals surface area contributed by atoms with E-state index in [1.54, 1.807) is 4.90 Å². The van der Waals surface area contributed by atoms with Crippen LogP contribution in [0.1, 0.15) is 45.7 Å². The van der Waals surface area contributed by atoms with Gasteiger partial charge in [0.2, 0.25) is 0 Å². The van der Waals surface area contributed by atoms with E-state index in [4.69, 9.17) is 4.74 Å². The highest BCUT2D eigenvalue weighted by atomic mass is 16.6. The summed E-state index contributed by atoms with van der Waals surface area (Å²) in [5, 5.41) is 13.3. The Morgan fingerprint density at radius 2 is 2.04 bits per heavy atom. The average molecular weight is 334 g/mol. The number of hydrogen-bond donors (Lipinski definition) is 2. The van der Waals surface area contributed by atoms with Crippen LogP contribution in [0, 0.1) is 5.92 Å². The largest absolute Gasteiger partial charge is 0.444 e. The molecule has 5 heteroatoms. The van der Waals surface area contributed by atoms with Crippen LogP contribution in [0.25, 0.3) is 0 Å². The number of aliphatic hydroxyl groups is 1. The maximum Gasteiger partial charge on any atom is 0.410 e. The first-order valence-electron chi connectivity index (χ1n) is 8.70. The molecule has 1 fully saturated rings.